The van der Waals surface area contributed by atoms with Gasteiger partial charge in [-0.15, -0.1) is 0 Å². The minimum Gasteiger partial charge on any atom is -0.319 e. The van der Waals surface area contributed by atoms with Gasteiger partial charge in [-0.05, 0) is 47.9 Å². The molecule has 0 aliphatic heterocycles. The first-order valence-corrected chi connectivity index (χ1v) is 8.07. The molecule has 0 fully saturated rings. The summed E-state index contributed by atoms with van der Waals surface area (Å²) in [7, 11) is 1.60. The van der Waals surface area contributed by atoms with Gasteiger partial charge in [0.25, 0.3) is 11.5 Å². The monoisotopic (exact) mass is 362 g/mol. The molecule has 0 spiro atoms. The fourth-order valence-corrected chi connectivity index (χ4v) is 2.53. The second kappa shape index (κ2) is 7.62. The summed E-state index contributed by atoms with van der Waals surface area (Å²) in [6, 6.07) is 12.3. The molecular weight excluding hydrogens is 347 g/mol. The molecule has 27 heavy (non-hydrogen) atoms. The van der Waals surface area contributed by atoms with Gasteiger partial charge in [0, 0.05) is 31.1 Å². The summed E-state index contributed by atoms with van der Waals surface area (Å²) in [5, 5.41) is 11.5. The standard InChI is InChI=1S/C20H15FN4O2/c1-25-5-4-16(10-19(25)26)20(27)24-18-3-2-13(12-23-18)6-14-7-15(11-22)9-17(21)8-14/h2-5,7-10,12H,6H2,1H3,(H,23,24,27). The van der Waals surface area contributed by atoms with E-state index in [1.54, 1.807) is 37.5 Å². The van der Waals surface area contributed by atoms with Crippen LogP contribution in [0.2, 0.25) is 0 Å². The van der Waals surface area contributed by atoms with Gasteiger partial charge >= 0.3 is 0 Å². The number of benzene rings is 1. The number of nitriles is 1. The van der Waals surface area contributed by atoms with Crippen molar-refractivity contribution in [2.45, 2.75) is 6.42 Å². The van der Waals surface area contributed by atoms with Gasteiger partial charge in [-0.3, -0.25) is 9.59 Å². The highest BCUT2D eigenvalue weighted by Gasteiger charge is 2.08. The number of aromatic nitrogens is 2. The first-order valence-electron chi connectivity index (χ1n) is 8.07. The van der Waals surface area contributed by atoms with Gasteiger partial charge in [0.05, 0.1) is 11.6 Å². The maximum absolute atomic E-state index is 13.5. The minimum absolute atomic E-state index is 0.243. The molecule has 0 saturated heterocycles. The Hall–Kier alpha value is -3.79. The van der Waals surface area contributed by atoms with Crippen LogP contribution in [0.5, 0.6) is 0 Å². The molecule has 3 rings (SSSR count). The Morgan fingerprint density at radius 3 is 2.70 bits per heavy atom. The van der Waals surface area contributed by atoms with Crippen LogP contribution in [0, 0.1) is 17.1 Å². The molecule has 134 valence electrons. The van der Waals surface area contributed by atoms with E-state index in [2.05, 4.69) is 10.3 Å². The number of hydrogen-bond acceptors (Lipinski definition) is 4. The van der Waals surface area contributed by atoms with E-state index in [1.807, 2.05) is 6.07 Å². The Labute approximate surface area is 154 Å². The average molecular weight is 362 g/mol. The summed E-state index contributed by atoms with van der Waals surface area (Å²) >= 11 is 0. The van der Waals surface area contributed by atoms with Crippen molar-refractivity contribution < 1.29 is 9.18 Å². The van der Waals surface area contributed by atoms with Crippen molar-refractivity contribution in [3.8, 4) is 6.07 Å². The molecule has 0 unspecified atom stereocenters. The van der Waals surface area contributed by atoms with Crippen LogP contribution in [0.1, 0.15) is 27.0 Å². The summed E-state index contributed by atoms with van der Waals surface area (Å²) in [4.78, 5) is 28.0. The van der Waals surface area contributed by atoms with Crippen molar-refractivity contribution in [3.63, 3.8) is 0 Å². The van der Waals surface area contributed by atoms with Crippen LogP contribution < -0.4 is 10.9 Å². The molecule has 1 N–H and O–H groups in total. The van der Waals surface area contributed by atoms with Gasteiger partial charge in [-0.2, -0.15) is 5.26 Å². The van der Waals surface area contributed by atoms with Gasteiger partial charge in [0.2, 0.25) is 0 Å². The van der Waals surface area contributed by atoms with E-state index in [0.29, 0.717) is 17.8 Å². The topological polar surface area (TPSA) is 87.8 Å². The van der Waals surface area contributed by atoms with Crippen LogP contribution in [0.25, 0.3) is 0 Å². The number of nitrogens with one attached hydrogen (secondary N) is 1. The van der Waals surface area contributed by atoms with Gasteiger partial charge < -0.3 is 9.88 Å². The Balaban J connectivity index is 1.71. The van der Waals surface area contributed by atoms with E-state index in [1.165, 1.54) is 29.0 Å². The molecule has 2 aromatic heterocycles. The fourth-order valence-electron chi connectivity index (χ4n) is 2.53. The maximum Gasteiger partial charge on any atom is 0.257 e. The molecule has 1 amide bonds. The summed E-state index contributed by atoms with van der Waals surface area (Å²) in [6.07, 6.45) is 3.49. The Morgan fingerprint density at radius 2 is 2.04 bits per heavy atom. The molecule has 0 aliphatic carbocycles. The number of amides is 1. The number of carbonyl (C=O) groups excluding carboxylic acids is 1. The molecule has 0 atom stereocenters. The van der Waals surface area contributed by atoms with Crippen LogP contribution in [0.15, 0.2) is 59.7 Å². The van der Waals surface area contributed by atoms with E-state index < -0.39 is 11.7 Å². The highest BCUT2D eigenvalue weighted by Crippen LogP contribution is 2.15. The molecular formula is C20H15FN4O2. The third-order valence-corrected chi connectivity index (χ3v) is 3.93. The lowest BCUT2D eigenvalue weighted by Gasteiger charge is -2.07. The maximum atomic E-state index is 13.5. The van der Waals surface area contributed by atoms with Crippen molar-refractivity contribution in [1.82, 2.24) is 9.55 Å². The second-order valence-electron chi connectivity index (χ2n) is 6.01. The van der Waals surface area contributed by atoms with E-state index in [-0.39, 0.29) is 16.7 Å². The zero-order chi connectivity index (χ0) is 19.4. The summed E-state index contributed by atoms with van der Waals surface area (Å²) < 4.78 is 14.9. The normalized spacial score (nSPS) is 10.3. The van der Waals surface area contributed by atoms with E-state index in [0.717, 1.165) is 5.56 Å². The number of rotatable bonds is 4. The number of nitrogens with zero attached hydrogens (tertiary/aromatic N) is 3. The van der Waals surface area contributed by atoms with Crippen molar-refractivity contribution in [2.75, 3.05) is 5.32 Å². The van der Waals surface area contributed by atoms with Crippen LogP contribution in [-0.2, 0) is 13.5 Å². The highest BCUT2D eigenvalue weighted by molar-refractivity contribution is 6.03. The molecule has 2 heterocycles. The predicted octanol–water partition coefficient (Wildman–Crippen LogP) is 2.63. The molecule has 0 radical (unpaired) electrons. The van der Waals surface area contributed by atoms with Crippen LogP contribution >= 0.6 is 0 Å². The van der Waals surface area contributed by atoms with Gasteiger partial charge in [-0.25, -0.2) is 9.37 Å². The van der Waals surface area contributed by atoms with Crippen LogP contribution in [0.4, 0.5) is 10.2 Å². The van der Waals surface area contributed by atoms with Crippen molar-refractivity contribution in [2.24, 2.45) is 7.05 Å². The zero-order valence-electron chi connectivity index (χ0n) is 14.4. The third kappa shape index (κ3) is 4.44. The van der Waals surface area contributed by atoms with Crippen molar-refractivity contribution in [3.05, 3.63) is 93.3 Å². The molecule has 0 aliphatic rings. The molecule has 3 aromatic rings. The number of carbonyl (C=O) groups is 1. The number of anilines is 1. The van der Waals surface area contributed by atoms with Gasteiger partial charge in [-0.1, -0.05) is 6.07 Å². The van der Waals surface area contributed by atoms with Crippen molar-refractivity contribution >= 4 is 11.7 Å². The SMILES string of the molecule is Cn1ccc(C(=O)Nc2ccc(Cc3cc(F)cc(C#N)c3)cn2)cc1=O. The Bertz CT molecular complexity index is 1100. The zero-order valence-corrected chi connectivity index (χ0v) is 14.4. The minimum atomic E-state index is -0.463. The number of hydrogen-bond donors (Lipinski definition) is 1. The second-order valence-corrected chi connectivity index (χ2v) is 6.01. The van der Waals surface area contributed by atoms with Gasteiger partial charge in [0.1, 0.15) is 11.6 Å². The Morgan fingerprint density at radius 1 is 1.22 bits per heavy atom. The fraction of sp³-hybridized carbons (Fsp3) is 0.100. The number of aryl methyl sites for hydroxylation is 1. The molecule has 1 aromatic carbocycles. The smallest absolute Gasteiger partial charge is 0.257 e. The summed E-state index contributed by atoms with van der Waals surface area (Å²) in [6.45, 7) is 0. The number of halogens is 1. The quantitative estimate of drug-likeness (QED) is 0.773. The van der Waals surface area contributed by atoms with Crippen LogP contribution in [0.3, 0.4) is 0 Å². The lowest BCUT2D eigenvalue weighted by atomic mass is 10.0. The first kappa shape index (κ1) is 18.0. The van der Waals surface area contributed by atoms with Crippen molar-refractivity contribution in [1.29, 1.82) is 5.26 Å². The summed E-state index contributed by atoms with van der Waals surface area (Å²) in [5.41, 5.74) is 1.68. The lowest BCUT2D eigenvalue weighted by molar-refractivity contribution is 0.102. The molecule has 0 bridgehead atoms. The molecule has 7 heteroatoms. The van der Waals surface area contributed by atoms with Crippen LogP contribution in [-0.4, -0.2) is 15.5 Å². The molecule has 6 nitrogen and oxygen atoms in total. The Kier molecular flexibility index (Phi) is 5.08. The average Bonchev–Trinajstić information content (AvgIpc) is 2.65. The first-order chi connectivity index (χ1) is 12.9. The van der Waals surface area contributed by atoms with E-state index >= 15 is 0 Å². The third-order valence-electron chi connectivity index (χ3n) is 3.93. The predicted molar refractivity (Wildman–Crippen MR) is 97.8 cm³/mol. The lowest BCUT2D eigenvalue weighted by Crippen LogP contribution is -2.20. The van der Waals surface area contributed by atoms with E-state index in [4.69, 9.17) is 5.26 Å². The largest absolute Gasteiger partial charge is 0.319 e. The number of pyridine rings is 2. The summed E-state index contributed by atoms with van der Waals surface area (Å²) in [5.74, 6) is -0.562. The highest BCUT2D eigenvalue weighted by atomic mass is 19.1. The molecule has 0 saturated carbocycles. The van der Waals surface area contributed by atoms with Gasteiger partial charge in [0.15, 0.2) is 0 Å². The van der Waals surface area contributed by atoms with E-state index in [9.17, 15) is 14.0 Å².